The first-order valence-electron chi connectivity index (χ1n) is 16.8. The van der Waals surface area contributed by atoms with Crippen molar-refractivity contribution in [1.82, 2.24) is 19.5 Å². The molecule has 8 aromatic rings. The van der Waals surface area contributed by atoms with E-state index in [0.717, 1.165) is 44.3 Å². The summed E-state index contributed by atoms with van der Waals surface area (Å²) in [5.41, 5.74) is 12.7. The van der Waals surface area contributed by atoms with Crippen LogP contribution >= 0.6 is 0 Å². The van der Waals surface area contributed by atoms with Crippen molar-refractivity contribution < 1.29 is 13.4 Å². The number of aromatic nitrogens is 5. The maximum Gasteiger partial charge on any atom is 0.299 e. The van der Waals surface area contributed by atoms with Gasteiger partial charge in [-0.05, 0) is 66.1 Å². The SMILES string of the molecule is Cc1ccc2c(oc3c2ccc2oc(-c4ncccn4)nc23)c1-c1n(-c2c(C(C)C)cc(C(C)C)cc2C(C)C)c2ccccc2[n+]1C. The molecule has 0 unspecified atom stereocenters. The van der Waals surface area contributed by atoms with E-state index in [2.05, 4.69) is 129 Å². The fourth-order valence-corrected chi connectivity index (χ4v) is 7.17. The van der Waals surface area contributed by atoms with Crippen molar-refractivity contribution in [2.75, 3.05) is 0 Å². The Morgan fingerprint density at radius 2 is 1.40 bits per heavy atom. The molecule has 240 valence electrons. The van der Waals surface area contributed by atoms with Crippen LogP contribution in [0.1, 0.15) is 81.5 Å². The molecule has 48 heavy (non-hydrogen) atoms. The summed E-state index contributed by atoms with van der Waals surface area (Å²) in [6.07, 6.45) is 3.38. The van der Waals surface area contributed by atoms with Crippen molar-refractivity contribution in [3.05, 3.63) is 101 Å². The second kappa shape index (κ2) is 11.2. The zero-order valence-corrected chi connectivity index (χ0v) is 28.8. The number of furan rings is 1. The van der Waals surface area contributed by atoms with Crippen molar-refractivity contribution in [2.24, 2.45) is 7.05 Å². The molecule has 0 saturated heterocycles. The number of oxazole rings is 1. The van der Waals surface area contributed by atoms with Gasteiger partial charge in [0.15, 0.2) is 33.3 Å². The first-order chi connectivity index (χ1) is 23.1. The lowest BCUT2D eigenvalue weighted by atomic mass is 9.87. The molecule has 4 heterocycles. The van der Waals surface area contributed by atoms with Crippen LogP contribution in [0.2, 0.25) is 0 Å². The van der Waals surface area contributed by atoms with Crippen LogP contribution < -0.4 is 4.57 Å². The first-order valence-corrected chi connectivity index (χ1v) is 16.8. The molecule has 7 nitrogen and oxygen atoms in total. The lowest BCUT2D eigenvalue weighted by molar-refractivity contribution is -0.633. The van der Waals surface area contributed by atoms with Crippen LogP contribution in [0.3, 0.4) is 0 Å². The highest BCUT2D eigenvalue weighted by Crippen LogP contribution is 2.43. The Morgan fingerprint density at radius 3 is 2.08 bits per heavy atom. The van der Waals surface area contributed by atoms with Crippen LogP contribution in [-0.4, -0.2) is 19.5 Å². The van der Waals surface area contributed by atoms with E-state index in [0.29, 0.717) is 46.2 Å². The van der Waals surface area contributed by atoms with E-state index in [-0.39, 0.29) is 0 Å². The predicted molar refractivity (Wildman–Crippen MR) is 193 cm³/mol. The lowest BCUT2D eigenvalue weighted by Gasteiger charge is -2.21. The molecule has 8 rings (SSSR count). The molecule has 0 amide bonds. The number of hydrogen-bond acceptors (Lipinski definition) is 5. The Balaban J connectivity index is 1.49. The molecule has 0 atom stereocenters. The Labute approximate surface area is 279 Å². The van der Waals surface area contributed by atoms with E-state index in [1.165, 1.54) is 22.4 Å². The van der Waals surface area contributed by atoms with Gasteiger partial charge >= 0.3 is 0 Å². The maximum atomic E-state index is 6.94. The molecule has 0 radical (unpaired) electrons. The van der Waals surface area contributed by atoms with Crippen LogP contribution in [0.15, 0.2) is 88.0 Å². The zero-order chi connectivity index (χ0) is 33.4. The highest BCUT2D eigenvalue weighted by Gasteiger charge is 2.34. The fourth-order valence-electron chi connectivity index (χ4n) is 7.17. The molecule has 0 aliphatic rings. The smallest absolute Gasteiger partial charge is 0.299 e. The predicted octanol–water partition coefficient (Wildman–Crippen LogP) is 10.3. The van der Waals surface area contributed by atoms with E-state index >= 15 is 0 Å². The van der Waals surface area contributed by atoms with Crippen molar-refractivity contribution in [3.8, 4) is 28.8 Å². The number of nitrogens with zero attached hydrogens (tertiary/aromatic N) is 5. The van der Waals surface area contributed by atoms with Gasteiger partial charge in [0.2, 0.25) is 5.82 Å². The number of rotatable bonds is 6. The van der Waals surface area contributed by atoms with Crippen molar-refractivity contribution in [2.45, 2.75) is 66.2 Å². The van der Waals surface area contributed by atoms with Gasteiger partial charge in [-0.2, -0.15) is 4.57 Å². The van der Waals surface area contributed by atoms with Crippen LogP contribution in [-0.2, 0) is 7.05 Å². The standard InChI is InChI=1S/C41H40N5O2/c1-22(2)26-20-29(23(3)4)36(30(21-26)24(5)6)46-32-13-10-9-12-31(32)45(8)41(46)34-25(7)14-15-27-28-16-17-33-35(38(28)48-37(27)34)44-40(47-33)39-42-18-11-19-43-39/h9-24H,1-8H3/q+1. The van der Waals surface area contributed by atoms with Gasteiger partial charge < -0.3 is 8.83 Å². The van der Waals surface area contributed by atoms with Gasteiger partial charge in [-0.15, -0.1) is 0 Å². The normalized spacial score (nSPS) is 12.3. The van der Waals surface area contributed by atoms with Crippen LogP contribution in [0.25, 0.3) is 72.9 Å². The van der Waals surface area contributed by atoms with Gasteiger partial charge in [-0.25, -0.2) is 19.5 Å². The zero-order valence-electron chi connectivity index (χ0n) is 28.8. The topological polar surface area (TPSA) is 73.8 Å². The average molecular weight is 635 g/mol. The Morgan fingerprint density at radius 1 is 0.729 bits per heavy atom. The first kappa shape index (κ1) is 30.1. The molecule has 4 aromatic heterocycles. The van der Waals surface area contributed by atoms with E-state index in [9.17, 15) is 0 Å². The molecule has 4 aromatic carbocycles. The van der Waals surface area contributed by atoms with E-state index < -0.39 is 0 Å². The Hall–Kier alpha value is -5.30. The number of imidazole rings is 1. The Kier molecular flexibility index (Phi) is 6.98. The summed E-state index contributed by atoms with van der Waals surface area (Å²) in [6, 6.07) is 23.7. The largest absolute Gasteiger partial charge is 0.453 e. The number of hydrogen-bond donors (Lipinski definition) is 0. The highest BCUT2D eigenvalue weighted by molar-refractivity contribution is 6.16. The maximum absolute atomic E-state index is 6.94. The third kappa shape index (κ3) is 4.48. The number of fused-ring (bicyclic) bond motifs is 6. The summed E-state index contributed by atoms with van der Waals surface area (Å²) in [5, 5.41) is 2.03. The Bertz CT molecular complexity index is 2490. The summed E-state index contributed by atoms with van der Waals surface area (Å²) >= 11 is 0. The summed E-state index contributed by atoms with van der Waals surface area (Å²) in [6.45, 7) is 16.0. The number of aryl methyl sites for hydroxylation is 2. The summed E-state index contributed by atoms with van der Waals surface area (Å²) in [7, 11) is 2.17. The fraction of sp³-hybridized carbons (Fsp3) is 0.268. The summed E-state index contributed by atoms with van der Waals surface area (Å²) < 4.78 is 17.9. The quantitative estimate of drug-likeness (QED) is 0.170. The third-order valence-electron chi connectivity index (χ3n) is 9.69. The second-order valence-electron chi connectivity index (χ2n) is 13.8. The molecule has 7 heteroatoms. The summed E-state index contributed by atoms with van der Waals surface area (Å²) in [4.78, 5) is 13.5. The van der Waals surface area contributed by atoms with E-state index in [1.54, 1.807) is 18.5 Å². The molecule has 0 N–H and O–H groups in total. The van der Waals surface area contributed by atoms with Crippen LogP contribution in [0.5, 0.6) is 0 Å². The van der Waals surface area contributed by atoms with E-state index in [4.69, 9.17) is 13.8 Å². The van der Waals surface area contributed by atoms with E-state index in [1.807, 2.05) is 6.07 Å². The minimum atomic E-state index is 0.321. The van der Waals surface area contributed by atoms with Gasteiger partial charge in [0.05, 0.1) is 7.05 Å². The minimum Gasteiger partial charge on any atom is -0.453 e. The third-order valence-corrected chi connectivity index (χ3v) is 9.69. The minimum absolute atomic E-state index is 0.321. The van der Waals surface area contributed by atoms with Gasteiger partial charge in [0.25, 0.3) is 11.7 Å². The molecule has 0 aliphatic heterocycles. The molecule has 0 aliphatic carbocycles. The van der Waals surface area contributed by atoms with Gasteiger partial charge in [0, 0.05) is 34.3 Å². The van der Waals surface area contributed by atoms with Crippen molar-refractivity contribution in [3.63, 3.8) is 0 Å². The van der Waals surface area contributed by atoms with Gasteiger partial charge in [-0.1, -0.05) is 77.9 Å². The van der Waals surface area contributed by atoms with Gasteiger partial charge in [-0.3, -0.25) is 0 Å². The van der Waals surface area contributed by atoms with Crippen LogP contribution in [0, 0.1) is 6.92 Å². The van der Waals surface area contributed by atoms with Gasteiger partial charge in [0.1, 0.15) is 11.3 Å². The number of benzene rings is 4. The second-order valence-corrected chi connectivity index (χ2v) is 13.8. The lowest BCUT2D eigenvalue weighted by Crippen LogP contribution is -2.30. The molecular weight excluding hydrogens is 594 g/mol. The number of para-hydroxylation sites is 2. The molecule has 0 bridgehead atoms. The summed E-state index contributed by atoms with van der Waals surface area (Å²) in [5.74, 6) is 2.96. The van der Waals surface area contributed by atoms with Crippen molar-refractivity contribution in [1.29, 1.82) is 0 Å². The van der Waals surface area contributed by atoms with Crippen LogP contribution in [0.4, 0.5) is 0 Å². The molecular formula is C41H40N5O2+. The highest BCUT2D eigenvalue weighted by atomic mass is 16.4. The molecule has 0 fully saturated rings. The monoisotopic (exact) mass is 634 g/mol. The molecule has 0 spiro atoms. The average Bonchev–Trinajstić information content (AvgIpc) is 3.76. The van der Waals surface area contributed by atoms with Crippen molar-refractivity contribution >= 4 is 44.1 Å². The molecule has 0 saturated carbocycles.